The Kier molecular flexibility index (Phi) is 6.98. The molecular weight excluding hydrogens is 364 g/mol. The Bertz CT molecular complexity index is 882. The fraction of sp³-hybridized carbons (Fsp3) is 0.350. The van der Waals surface area contributed by atoms with Crippen molar-refractivity contribution in [1.82, 2.24) is 4.72 Å². The van der Waals surface area contributed by atoms with Gasteiger partial charge in [-0.25, -0.2) is 17.9 Å². The number of aromatic carboxylic acids is 1. The van der Waals surface area contributed by atoms with Crippen molar-refractivity contribution in [1.29, 1.82) is 0 Å². The largest absolute Gasteiger partial charge is 0.478 e. The highest BCUT2D eigenvalue weighted by Gasteiger charge is 2.21. The van der Waals surface area contributed by atoms with Gasteiger partial charge in [-0.1, -0.05) is 43.7 Å². The van der Waals surface area contributed by atoms with Crippen molar-refractivity contribution in [3.8, 4) is 0 Å². The van der Waals surface area contributed by atoms with Crippen LogP contribution in [-0.2, 0) is 10.0 Å². The second kappa shape index (κ2) is 9.01. The van der Waals surface area contributed by atoms with Crippen LogP contribution in [0.3, 0.4) is 0 Å². The number of carboxylic acids is 1. The molecule has 0 aliphatic carbocycles. The fourth-order valence-corrected chi connectivity index (χ4v) is 4.18. The summed E-state index contributed by atoms with van der Waals surface area (Å²) in [5.41, 5.74) is 1.30. The number of rotatable bonds is 9. The molecular formula is C20H26N2O4S. The van der Waals surface area contributed by atoms with E-state index in [4.69, 9.17) is 0 Å². The minimum Gasteiger partial charge on any atom is -0.478 e. The van der Waals surface area contributed by atoms with Crippen LogP contribution in [0, 0.1) is 0 Å². The van der Waals surface area contributed by atoms with Crippen molar-refractivity contribution in [2.45, 2.75) is 50.6 Å². The Labute approximate surface area is 160 Å². The molecule has 0 heterocycles. The molecule has 0 saturated carbocycles. The molecule has 3 N–H and O–H groups in total. The van der Waals surface area contributed by atoms with Gasteiger partial charge in [-0.2, -0.15) is 0 Å². The van der Waals surface area contributed by atoms with Crippen molar-refractivity contribution in [2.24, 2.45) is 0 Å². The van der Waals surface area contributed by atoms with Crippen molar-refractivity contribution in [3.63, 3.8) is 0 Å². The van der Waals surface area contributed by atoms with Gasteiger partial charge in [0.15, 0.2) is 0 Å². The molecule has 0 aliphatic rings. The van der Waals surface area contributed by atoms with Crippen LogP contribution >= 0.6 is 0 Å². The second-order valence-corrected chi connectivity index (χ2v) is 8.31. The van der Waals surface area contributed by atoms with Gasteiger partial charge in [-0.15, -0.1) is 0 Å². The van der Waals surface area contributed by atoms with E-state index in [-0.39, 0.29) is 22.5 Å². The normalized spacial score (nSPS) is 13.7. The summed E-state index contributed by atoms with van der Waals surface area (Å²) in [6, 6.07) is 13.4. The zero-order valence-corrected chi connectivity index (χ0v) is 16.6. The lowest BCUT2D eigenvalue weighted by atomic mass is 10.1. The van der Waals surface area contributed by atoms with Gasteiger partial charge in [0.2, 0.25) is 10.0 Å². The van der Waals surface area contributed by atoms with E-state index in [1.165, 1.54) is 18.2 Å². The topological polar surface area (TPSA) is 95.5 Å². The van der Waals surface area contributed by atoms with E-state index in [2.05, 4.69) is 10.0 Å². The number of hydrogen-bond donors (Lipinski definition) is 3. The molecule has 146 valence electrons. The number of sulfonamides is 1. The van der Waals surface area contributed by atoms with Crippen molar-refractivity contribution in [3.05, 3.63) is 59.7 Å². The minimum atomic E-state index is -3.78. The fourth-order valence-electron chi connectivity index (χ4n) is 2.88. The van der Waals surface area contributed by atoms with Crippen LogP contribution in [0.1, 0.15) is 55.6 Å². The average molecular weight is 391 g/mol. The monoisotopic (exact) mass is 390 g/mol. The van der Waals surface area contributed by atoms with E-state index in [0.29, 0.717) is 12.1 Å². The molecule has 2 rings (SSSR count). The maximum atomic E-state index is 12.5. The molecule has 2 aromatic rings. The van der Waals surface area contributed by atoms with Crippen LogP contribution in [0.15, 0.2) is 53.4 Å². The Morgan fingerprint density at radius 1 is 1.11 bits per heavy atom. The Morgan fingerprint density at radius 3 is 2.37 bits per heavy atom. The van der Waals surface area contributed by atoms with E-state index >= 15 is 0 Å². The van der Waals surface area contributed by atoms with E-state index in [1.807, 2.05) is 44.2 Å². The molecule has 0 radical (unpaired) electrons. The Hall–Kier alpha value is -2.38. The molecule has 2 atom stereocenters. The lowest BCUT2D eigenvalue weighted by Gasteiger charge is -2.19. The number of nitrogens with one attached hydrogen (secondary N) is 2. The highest BCUT2D eigenvalue weighted by Crippen LogP contribution is 2.25. The first kappa shape index (κ1) is 20.9. The standard InChI is InChI=1S/C20H26N2O4S/c1-4-8-14(2)22-27(25,26)17-11-12-19(18(13-17)20(23)24)21-15(3)16-9-6-5-7-10-16/h5-7,9-15,21-22H,4,8H2,1-3H3,(H,23,24)/t14-,15-/m0/s1. The first-order valence-corrected chi connectivity index (χ1v) is 10.4. The molecule has 0 bridgehead atoms. The first-order valence-electron chi connectivity index (χ1n) is 8.95. The highest BCUT2D eigenvalue weighted by atomic mass is 32.2. The van der Waals surface area contributed by atoms with Crippen LogP contribution in [0.25, 0.3) is 0 Å². The Balaban J connectivity index is 2.30. The molecule has 0 unspecified atom stereocenters. The van der Waals surface area contributed by atoms with Crippen LogP contribution in [-0.4, -0.2) is 25.5 Å². The predicted molar refractivity (Wildman–Crippen MR) is 107 cm³/mol. The molecule has 0 amide bonds. The molecule has 0 saturated heterocycles. The average Bonchev–Trinajstić information content (AvgIpc) is 2.62. The summed E-state index contributed by atoms with van der Waals surface area (Å²) in [5, 5.41) is 12.7. The molecule has 0 fully saturated rings. The van der Waals surface area contributed by atoms with Gasteiger partial charge in [0.25, 0.3) is 0 Å². The molecule has 0 aromatic heterocycles. The number of hydrogen-bond acceptors (Lipinski definition) is 4. The molecule has 2 aromatic carbocycles. The third kappa shape index (κ3) is 5.55. The zero-order chi connectivity index (χ0) is 20.0. The SMILES string of the molecule is CCC[C@H](C)NS(=O)(=O)c1ccc(N[C@@H](C)c2ccccc2)c(C(=O)O)c1. The lowest BCUT2D eigenvalue weighted by Crippen LogP contribution is -2.32. The summed E-state index contributed by atoms with van der Waals surface area (Å²) in [6.45, 7) is 5.68. The third-order valence-electron chi connectivity index (χ3n) is 4.28. The summed E-state index contributed by atoms with van der Waals surface area (Å²) in [4.78, 5) is 11.6. The van der Waals surface area contributed by atoms with E-state index < -0.39 is 16.0 Å². The first-order chi connectivity index (χ1) is 12.7. The van der Waals surface area contributed by atoms with Gasteiger partial charge in [0, 0.05) is 17.8 Å². The summed E-state index contributed by atoms with van der Waals surface area (Å²) < 4.78 is 27.6. The van der Waals surface area contributed by atoms with E-state index in [9.17, 15) is 18.3 Å². The maximum absolute atomic E-state index is 12.5. The molecule has 27 heavy (non-hydrogen) atoms. The predicted octanol–water partition coefficient (Wildman–Crippen LogP) is 4.02. The smallest absolute Gasteiger partial charge is 0.337 e. The van der Waals surface area contributed by atoms with Crippen molar-refractivity contribution < 1.29 is 18.3 Å². The van der Waals surface area contributed by atoms with Crippen molar-refractivity contribution >= 4 is 21.7 Å². The second-order valence-electron chi connectivity index (χ2n) is 6.60. The highest BCUT2D eigenvalue weighted by molar-refractivity contribution is 7.89. The van der Waals surface area contributed by atoms with Crippen LogP contribution in [0.5, 0.6) is 0 Å². The molecule has 6 nitrogen and oxygen atoms in total. The van der Waals surface area contributed by atoms with Crippen LogP contribution < -0.4 is 10.0 Å². The quantitative estimate of drug-likeness (QED) is 0.601. The molecule has 0 aliphatic heterocycles. The summed E-state index contributed by atoms with van der Waals surface area (Å²) >= 11 is 0. The van der Waals surface area contributed by atoms with Gasteiger partial charge >= 0.3 is 5.97 Å². The number of anilines is 1. The number of benzene rings is 2. The minimum absolute atomic E-state index is 0.0548. The van der Waals surface area contributed by atoms with E-state index in [1.54, 1.807) is 6.92 Å². The van der Waals surface area contributed by atoms with Crippen LogP contribution in [0.2, 0.25) is 0 Å². The summed E-state index contributed by atoms with van der Waals surface area (Å²) in [6.07, 6.45) is 1.56. The van der Waals surface area contributed by atoms with Gasteiger partial charge in [-0.3, -0.25) is 0 Å². The number of carbonyl (C=O) groups is 1. The number of carboxylic acid groups (broad SMARTS) is 1. The van der Waals surface area contributed by atoms with Crippen LogP contribution in [0.4, 0.5) is 5.69 Å². The summed E-state index contributed by atoms with van der Waals surface area (Å²) in [5.74, 6) is -1.18. The van der Waals surface area contributed by atoms with Gasteiger partial charge in [0.05, 0.1) is 10.5 Å². The van der Waals surface area contributed by atoms with Gasteiger partial charge in [0.1, 0.15) is 0 Å². The van der Waals surface area contributed by atoms with Crippen molar-refractivity contribution in [2.75, 3.05) is 5.32 Å². The van der Waals surface area contributed by atoms with E-state index in [0.717, 1.165) is 12.0 Å². The Morgan fingerprint density at radius 2 is 1.78 bits per heavy atom. The maximum Gasteiger partial charge on any atom is 0.337 e. The van der Waals surface area contributed by atoms with Gasteiger partial charge in [-0.05, 0) is 44.0 Å². The molecule has 7 heteroatoms. The third-order valence-corrected chi connectivity index (χ3v) is 5.87. The van der Waals surface area contributed by atoms with Gasteiger partial charge < -0.3 is 10.4 Å². The zero-order valence-electron chi connectivity index (χ0n) is 15.8. The summed E-state index contributed by atoms with van der Waals surface area (Å²) in [7, 11) is -3.78. The lowest BCUT2D eigenvalue weighted by molar-refractivity contribution is 0.0697. The molecule has 0 spiro atoms.